The van der Waals surface area contributed by atoms with E-state index in [1.54, 1.807) is 19.4 Å². The van der Waals surface area contributed by atoms with Crippen LogP contribution in [0, 0.1) is 5.82 Å². The Hall–Kier alpha value is -1.98. The summed E-state index contributed by atoms with van der Waals surface area (Å²) in [5.74, 6) is 0.388. The lowest BCUT2D eigenvalue weighted by Gasteiger charge is -2.34. The van der Waals surface area contributed by atoms with Gasteiger partial charge in [0.05, 0.1) is 7.11 Å². The molecule has 0 amide bonds. The van der Waals surface area contributed by atoms with E-state index in [1.165, 1.54) is 12.1 Å². The summed E-state index contributed by atoms with van der Waals surface area (Å²) in [5, 5.41) is 0. The lowest BCUT2D eigenvalue weighted by molar-refractivity contribution is 0.132. The number of nitrogens with zero attached hydrogens (tertiary/aromatic N) is 3. The molecule has 3 rings (SSSR count). The Balaban J connectivity index is 1.76. The van der Waals surface area contributed by atoms with E-state index < -0.39 is 0 Å². The van der Waals surface area contributed by atoms with Crippen molar-refractivity contribution in [3.8, 4) is 16.9 Å². The predicted molar refractivity (Wildman–Crippen MR) is 93.6 cm³/mol. The first kappa shape index (κ1) is 16.9. The van der Waals surface area contributed by atoms with E-state index in [1.807, 2.05) is 6.20 Å². The van der Waals surface area contributed by atoms with Gasteiger partial charge in [-0.2, -0.15) is 0 Å². The van der Waals surface area contributed by atoms with E-state index in [0.29, 0.717) is 5.75 Å². The zero-order valence-electron chi connectivity index (χ0n) is 14.3. The molecule has 24 heavy (non-hydrogen) atoms. The molecule has 0 saturated carbocycles. The fourth-order valence-corrected chi connectivity index (χ4v) is 3.15. The Kier molecular flexibility index (Phi) is 5.43. The largest absolute Gasteiger partial charge is 0.496 e. The zero-order chi connectivity index (χ0) is 16.9. The van der Waals surface area contributed by atoms with Crippen molar-refractivity contribution in [1.82, 2.24) is 14.8 Å². The monoisotopic (exact) mass is 329 g/mol. The number of benzene rings is 1. The van der Waals surface area contributed by atoms with Crippen LogP contribution in [0.4, 0.5) is 4.39 Å². The number of likely N-dealkylation sites (N-methyl/N-ethyl adjacent to an activating group) is 1. The van der Waals surface area contributed by atoms with Gasteiger partial charge in [0.1, 0.15) is 11.6 Å². The van der Waals surface area contributed by atoms with Gasteiger partial charge in [-0.25, -0.2) is 4.39 Å². The normalized spacial score (nSPS) is 16.3. The minimum atomic E-state index is -0.271. The maximum absolute atomic E-state index is 13.6. The topological polar surface area (TPSA) is 28.6 Å². The van der Waals surface area contributed by atoms with Crippen molar-refractivity contribution in [2.75, 3.05) is 39.8 Å². The Morgan fingerprint density at radius 1 is 1.08 bits per heavy atom. The molecular formula is C19H24FN3O. The van der Waals surface area contributed by atoms with Gasteiger partial charge < -0.3 is 9.64 Å². The standard InChI is InChI=1S/C19H24FN3O/c1-3-22-6-8-23(9-7-22)14-15-10-16(13-21-12-15)18-11-17(20)4-5-19(18)24-2/h4-5,10-13H,3,6-9,14H2,1-2H3. The number of halogens is 1. The van der Waals surface area contributed by atoms with E-state index >= 15 is 0 Å². The summed E-state index contributed by atoms with van der Waals surface area (Å²) in [6.07, 6.45) is 3.65. The van der Waals surface area contributed by atoms with Crippen molar-refractivity contribution in [1.29, 1.82) is 0 Å². The van der Waals surface area contributed by atoms with Gasteiger partial charge in [0.2, 0.25) is 0 Å². The molecule has 0 N–H and O–H groups in total. The SMILES string of the molecule is CCN1CCN(Cc2cncc(-c3cc(F)ccc3OC)c2)CC1. The van der Waals surface area contributed by atoms with Crippen molar-refractivity contribution in [2.24, 2.45) is 0 Å². The van der Waals surface area contributed by atoms with Crippen molar-refractivity contribution >= 4 is 0 Å². The zero-order valence-corrected chi connectivity index (χ0v) is 14.3. The Morgan fingerprint density at radius 3 is 2.54 bits per heavy atom. The molecule has 0 aliphatic carbocycles. The highest BCUT2D eigenvalue weighted by atomic mass is 19.1. The molecule has 1 fully saturated rings. The summed E-state index contributed by atoms with van der Waals surface area (Å²) in [6.45, 7) is 8.56. The number of hydrogen-bond acceptors (Lipinski definition) is 4. The molecule has 0 unspecified atom stereocenters. The number of pyridine rings is 1. The van der Waals surface area contributed by atoms with Crippen LogP contribution in [0.2, 0.25) is 0 Å². The number of aromatic nitrogens is 1. The third-order valence-electron chi connectivity index (χ3n) is 4.59. The second kappa shape index (κ2) is 7.73. The molecule has 1 aliphatic rings. The Labute approximate surface area is 142 Å². The maximum atomic E-state index is 13.6. The molecule has 4 nitrogen and oxygen atoms in total. The van der Waals surface area contributed by atoms with Gasteiger partial charge in [-0.1, -0.05) is 6.92 Å². The summed E-state index contributed by atoms with van der Waals surface area (Å²) in [4.78, 5) is 9.25. The lowest BCUT2D eigenvalue weighted by Crippen LogP contribution is -2.45. The van der Waals surface area contributed by atoms with E-state index in [4.69, 9.17) is 4.74 Å². The van der Waals surface area contributed by atoms with Gasteiger partial charge in [0, 0.05) is 56.2 Å². The maximum Gasteiger partial charge on any atom is 0.126 e. The summed E-state index contributed by atoms with van der Waals surface area (Å²) in [7, 11) is 1.60. The first-order valence-corrected chi connectivity index (χ1v) is 8.42. The van der Waals surface area contributed by atoms with Crippen LogP contribution in [-0.4, -0.2) is 54.6 Å². The van der Waals surface area contributed by atoms with Gasteiger partial charge in [0.15, 0.2) is 0 Å². The molecule has 2 aromatic rings. The molecule has 0 bridgehead atoms. The summed E-state index contributed by atoms with van der Waals surface area (Å²) in [6, 6.07) is 6.64. The van der Waals surface area contributed by atoms with E-state index in [-0.39, 0.29) is 5.82 Å². The van der Waals surface area contributed by atoms with Crippen molar-refractivity contribution in [3.05, 3.63) is 48.0 Å². The summed E-state index contributed by atoms with van der Waals surface area (Å²) < 4.78 is 19.0. The van der Waals surface area contributed by atoms with E-state index in [9.17, 15) is 4.39 Å². The van der Waals surface area contributed by atoms with Crippen LogP contribution in [0.5, 0.6) is 5.75 Å². The lowest BCUT2D eigenvalue weighted by atomic mass is 10.0. The minimum absolute atomic E-state index is 0.271. The quantitative estimate of drug-likeness (QED) is 0.843. The molecule has 0 atom stereocenters. The molecule has 128 valence electrons. The highest BCUT2D eigenvalue weighted by Crippen LogP contribution is 2.30. The first-order chi connectivity index (χ1) is 11.7. The van der Waals surface area contributed by atoms with Crippen molar-refractivity contribution in [3.63, 3.8) is 0 Å². The number of hydrogen-bond donors (Lipinski definition) is 0. The fourth-order valence-electron chi connectivity index (χ4n) is 3.15. The molecule has 1 aromatic carbocycles. The first-order valence-electron chi connectivity index (χ1n) is 8.42. The third-order valence-corrected chi connectivity index (χ3v) is 4.59. The molecule has 2 heterocycles. The van der Waals surface area contributed by atoms with Gasteiger partial charge in [-0.05, 0) is 36.4 Å². The Bertz CT molecular complexity index is 684. The molecule has 1 aliphatic heterocycles. The van der Waals surface area contributed by atoms with Crippen LogP contribution in [0.15, 0.2) is 36.7 Å². The van der Waals surface area contributed by atoms with Crippen molar-refractivity contribution < 1.29 is 9.13 Å². The van der Waals surface area contributed by atoms with Crippen LogP contribution in [-0.2, 0) is 6.54 Å². The number of ether oxygens (including phenoxy) is 1. The molecule has 0 radical (unpaired) electrons. The van der Waals surface area contributed by atoms with Crippen LogP contribution in [0.1, 0.15) is 12.5 Å². The van der Waals surface area contributed by atoms with Crippen LogP contribution < -0.4 is 4.74 Å². The third kappa shape index (κ3) is 3.91. The van der Waals surface area contributed by atoms with Crippen LogP contribution in [0.25, 0.3) is 11.1 Å². The number of piperazine rings is 1. The highest BCUT2D eigenvalue weighted by molar-refractivity contribution is 5.70. The smallest absolute Gasteiger partial charge is 0.126 e. The van der Waals surface area contributed by atoms with Gasteiger partial charge >= 0.3 is 0 Å². The number of methoxy groups -OCH3 is 1. The molecule has 0 spiro atoms. The number of rotatable bonds is 5. The van der Waals surface area contributed by atoms with Gasteiger partial charge in [0.25, 0.3) is 0 Å². The second-order valence-corrected chi connectivity index (χ2v) is 6.14. The fraction of sp³-hybridized carbons (Fsp3) is 0.421. The molecule has 1 saturated heterocycles. The minimum Gasteiger partial charge on any atom is -0.496 e. The Morgan fingerprint density at radius 2 is 1.83 bits per heavy atom. The molecule has 1 aromatic heterocycles. The molecular weight excluding hydrogens is 305 g/mol. The van der Waals surface area contributed by atoms with E-state index in [2.05, 4.69) is 27.8 Å². The van der Waals surface area contributed by atoms with Crippen molar-refractivity contribution in [2.45, 2.75) is 13.5 Å². The average Bonchev–Trinajstić information content (AvgIpc) is 2.62. The summed E-state index contributed by atoms with van der Waals surface area (Å²) in [5.41, 5.74) is 2.77. The summed E-state index contributed by atoms with van der Waals surface area (Å²) >= 11 is 0. The second-order valence-electron chi connectivity index (χ2n) is 6.14. The van der Waals surface area contributed by atoms with Crippen LogP contribution >= 0.6 is 0 Å². The van der Waals surface area contributed by atoms with Gasteiger partial charge in [-0.15, -0.1) is 0 Å². The van der Waals surface area contributed by atoms with E-state index in [0.717, 1.165) is 56.0 Å². The molecule has 5 heteroatoms. The average molecular weight is 329 g/mol. The van der Waals surface area contributed by atoms with Crippen LogP contribution in [0.3, 0.4) is 0 Å². The van der Waals surface area contributed by atoms with Gasteiger partial charge in [-0.3, -0.25) is 9.88 Å². The highest BCUT2D eigenvalue weighted by Gasteiger charge is 2.16. The predicted octanol–water partition coefficient (Wildman–Crippen LogP) is 3.03.